The Morgan fingerprint density at radius 1 is 1.24 bits per heavy atom. The minimum absolute atomic E-state index is 0.262. The van der Waals surface area contributed by atoms with E-state index in [9.17, 15) is 4.79 Å². The molecule has 0 spiro atoms. The molecule has 0 saturated carbocycles. The molecule has 5 heteroatoms. The van der Waals surface area contributed by atoms with Gasteiger partial charge in [-0.05, 0) is 56.4 Å². The monoisotopic (exact) mass is 346 g/mol. The lowest BCUT2D eigenvalue weighted by Crippen LogP contribution is -2.45. The number of benzene rings is 1. The highest BCUT2D eigenvalue weighted by Crippen LogP contribution is 2.25. The van der Waals surface area contributed by atoms with Gasteiger partial charge in [-0.1, -0.05) is 0 Å². The number of amides is 1. The first-order chi connectivity index (χ1) is 12.2. The second kappa shape index (κ2) is 8.56. The lowest BCUT2D eigenvalue weighted by molar-refractivity contribution is -0.133. The Hall–Kier alpha value is -1.75. The van der Waals surface area contributed by atoms with Crippen LogP contribution < -0.4 is 9.64 Å². The van der Waals surface area contributed by atoms with E-state index in [4.69, 9.17) is 9.47 Å². The molecule has 2 heterocycles. The van der Waals surface area contributed by atoms with Crippen LogP contribution in [0.5, 0.6) is 5.75 Å². The van der Waals surface area contributed by atoms with E-state index in [1.807, 2.05) is 24.1 Å². The van der Waals surface area contributed by atoms with E-state index in [0.717, 1.165) is 57.6 Å². The van der Waals surface area contributed by atoms with Crippen molar-refractivity contribution in [3.8, 4) is 5.75 Å². The standard InChI is InChI=1S/C20H30N2O3/c1-21(20(23)10-9-19-4-3-15-25-19)16-11-13-22(14-12-16)17-5-7-18(24-2)8-6-17/h5-8,16,19H,3-4,9-15H2,1-2H3/t19-/m1/s1. The maximum atomic E-state index is 12.5. The smallest absolute Gasteiger partial charge is 0.222 e. The molecule has 2 fully saturated rings. The molecule has 0 aromatic heterocycles. The van der Waals surface area contributed by atoms with Gasteiger partial charge in [0.2, 0.25) is 5.91 Å². The molecular weight excluding hydrogens is 316 g/mol. The van der Waals surface area contributed by atoms with Gasteiger partial charge in [-0.3, -0.25) is 4.79 Å². The minimum atomic E-state index is 0.262. The number of ether oxygens (including phenoxy) is 2. The maximum absolute atomic E-state index is 12.5. The van der Waals surface area contributed by atoms with Crippen LogP contribution in [0.15, 0.2) is 24.3 Å². The van der Waals surface area contributed by atoms with Crippen molar-refractivity contribution in [2.45, 2.75) is 50.7 Å². The summed E-state index contributed by atoms with van der Waals surface area (Å²) in [6.45, 7) is 2.83. The Bertz CT molecular complexity index is 547. The van der Waals surface area contributed by atoms with Crippen LogP contribution in [0.3, 0.4) is 0 Å². The summed E-state index contributed by atoms with van der Waals surface area (Å²) < 4.78 is 10.8. The van der Waals surface area contributed by atoms with Gasteiger partial charge in [0, 0.05) is 44.9 Å². The summed E-state index contributed by atoms with van der Waals surface area (Å²) in [5.41, 5.74) is 1.23. The predicted octanol–water partition coefficient (Wildman–Crippen LogP) is 3.08. The zero-order chi connectivity index (χ0) is 17.6. The lowest BCUT2D eigenvalue weighted by Gasteiger charge is -2.38. The SMILES string of the molecule is COc1ccc(N2CCC(N(C)C(=O)CC[C@H]3CCCO3)CC2)cc1. The van der Waals surface area contributed by atoms with Crippen molar-refractivity contribution in [2.75, 3.05) is 38.8 Å². The third-order valence-corrected chi connectivity index (χ3v) is 5.55. The molecule has 1 aromatic carbocycles. The molecule has 25 heavy (non-hydrogen) atoms. The van der Waals surface area contributed by atoms with Gasteiger partial charge in [-0.25, -0.2) is 0 Å². The zero-order valence-corrected chi connectivity index (χ0v) is 15.4. The van der Waals surface area contributed by atoms with Crippen LogP contribution in [0.1, 0.15) is 38.5 Å². The molecule has 1 aromatic rings. The minimum Gasteiger partial charge on any atom is -0.497 e. The van der Waals surface area contributed by atoms with Crippen LogP contribution >= 0.6 is 0 Å². The quantitative estimate of drug-likeness (QED) is 0.794. The van der Waals surface area contributed by atoms with Gasteiger partial charge in [0.15, 0.2) is 0 Å². The number of hydrogen-bond donors (Lipinski definition) is 0. The van der Waals surface area contributed by atoms with E-state index in [-0.39, 0.29) is 5.91 Å². The van der Waals surface area contributed by atoms with Crippen molar-refractivity contribution < 1.29 is 14.3 Å². The van der Waals surface area contributed by atoms with E-state index in [1.165, 1.54) is 5.69 Å². The van der Waals surface area contributed by atoms with Gasteiger partial charge in [0.25, 0.3) is 0 Å². The number of carbonyl (C=O) groups is 1. The molecule has 0 radical (unpaired) electrons. The van der Waals surface area contributed by atoms with Crippen molar-refractivity contribution in [2.24, 2.45) is 0 Å². The van der Waals surface area contributed by atoms with Gasteiger partial charge in [0.1, 0.15) is 5.75 Å². The number of methoxy groups -OCH3 is 1. The molecule has 5 nitrogen and oxygen atoms in total. The van der Waals surface area contributed by atoms with Crippen molar-refractivity contribution in [1.82, 2.24) is 4.90 Å². The third kappa shape index (κ3) is 4.66. The van der Waals surface area contributed by atoms with Crippen LogP contribution in [-0.4, -0.2) is 56.8 Å². The molecule has 0 aliphatic carbocycles. The second-order valence-corrected chi connectivity index (χ2v) is 7.09. The molecule has 2 aliphatic rings. The van der Waals surface area contributed by atoms with Gasteiger partial charge in [-0.2, -0.15) is 0 Å². The number of anilines is 1. The highest BCUT2D eigenvalue weighted by molar-refractivity contribution is 5.76. The molecule has 1 amide bonds. The first kappa shape index (κ1) is 18.1. The lowest BCUT2D eigenvalue weighted by atomic mass is 10.0. The summed E-state index contributed by atoms with van der Waals surface area (Å²) in [6.07, 6.45) is 6.07. The summed E-state index contributed by atoms with van der Waals surface area (Å²) in [6, 6.07) is 8.57. The summed E-state index contributed by atoms with van der Waals surface area (Å²) in [5, 5.41) is 0. The second-order valence-electron chi connectivity index (χ2n) is 7.09. The number of nitrogens with zero attached hydrogens (tertiary/aromatic N) is 2. The topological polar surface area (TPSA) is 42.0 Å². The predicted molar refractivity (Wildman–Crippen MR) is 99.2 cm³/mol. The highest BCUT2D eigenvalue weighted by Gasteiger charge is 2.26. The molecule has 0 bridgehead atoms. The number of carbonyl (C=O) groups excluding carboxylic acids is 1. The van der Waals surface area contributed by atoms with Crippen LogP contribution in [0.2, 0.25) is 0 Å². The molecule has 1 atom stereocenters. The van der Waals surface area contributed by atoms with Crippen LogP contribution in [0.25, 0.3) is 0 Å². The summed E-state index contributed by atoms with van der Waals surface area (Å²) in [5.74, 6) is 1.15. The molecular formula is C20H30N2O3. The number of piperidine rings is 1. The van der Waals surface area contributed by atoms with Crippen LogP contribution in [0.4, 0.5) is 5.69 Å². The maximum Gasteiger partial charge on any atom is 0.222 e. The fourth-order valence-electron chi connectivity index (χ4n) is 3.84. The average Bonchev–Trinajstić information content (AvgIpc) is 3.19. The van der Waals surface area contributed by atoms with Crippen molar-refractivity contribution >= 4 is 11.6 Å². The molecule has 0 unspecified atom stereocenters. The average molecular weight is 346 g/mol. The summed E-state index contributed by atoms with van der Waals surface area (Å²) in [7, 11) is 3.65. The van der Waals surface area contributed by atoms with Crippen molar-refractivity contribution in [3.63, 3.8) is 0 Å². The normalized spacial score (nSPS) is 21.4. The van der Waals surface area contributed by atoms with Crippen LogP contribution in [0, 0.1) is 0 Å². The van der Waals surface area contributed by atoms with E-state index in [2.05, 4.69) is 17.0 Å². The molecule has 138 valence electrons. The molecule has 2 saturated heterocycles. The number of hydrogen-bond acceptors (Lipinski definition) is 4. The Morgan fingerprint density at radius 3 is 2.56 bits per heavy atom. The van der Waals surface area contributed by atoms with Gasteiger partial charge < -0.3 is 19.3 Å². The Kier molecular flexibility index (Phi) is 6.19. The van der Waals surface area contributed by atoms with E-state index in [1.54, 1.807) is 7.11 Å². The van der Waals surface area contributed by atoms with Gasteiger partial charge in [-0.15, -0.1) is 0 Å². The van der Waals surface area contributed by atoms with E-state index in [0.29, 0.717) is 18.6 Å². The summed E-state index contributed by atoms with van der Waals surface area (Å²) >= 11 is 0. The largest absolute Gasteiger partial charge is 0.497 e. The fourth-order valence-corrected chi connectivity index (χ4v) is 3.84. The Labute approximate surface area is 150 Å². The third-order valence-electron chi connectivity index (χ3n) is 5.55. The molecule has 0 N–H and O–H groups in total. The first-order valence-electron chi connectivity index (χ1n) is 9.43. The highest BCUT2D eigenvalue weighted by atomic mass is 16.5. The van der Waals surface area contributed by atoms with E-state index >= 15 is 0 Å². The zero-order valence-electron chi connectivity index (χ0n) is 15.4. The van der Waals surface area contributed by atoms with Crippen molar-refractivity contribution in [1.29, 1.82) is 0 Å². The number of rotatable bonds is 6. The first-order valence-corrected chi connectivity index (χ1v) is 9.43. The van der Waals surface area contributed by atoms with Gasteiger partial charge >= 0.3 is 0 Å². The van der Waals surface area contributed by atoms with E-state index < -0.39 is 0 Å². The van der Waals surface area contributed by atoms with Crippen LogP contribution in [-0.2, 0) is 9.53 Å². The Morgan fingerprint density at radius 2 is 1.96 bits per heavy atom. The fraction of sp³-hybridized carbons (Fsp3) is 0.650. The molecule has 2 aliphatic heterocycles. The Balaban J connectivity index is 1.44. The van der Waals surface area contributed by atoms with Crippen molar-refractivity contribution in [3.05, 3.63) is 24.3 Å². The molecule has 3 rings (SSSR count). The van der Waals surface area contributed by atoms with Gasteiger partial charge in [0.05, 0.1) is 13.2 Å². The summed E-state index contributed by atoms with van der Waals surface area (Å²) in [4.78, 5) is 16.8.